The first-order chi connectivity index (χ1) is 8.19. The van der Waals surface area contributed by atoms with Crippen LogP contribution in [0, 0.1) is 11.8 Å². The topological polar surface area (TPSA) is 38.3 Å². The van der Waals surface area contributed by atoms with E-state index >= 15 is 0 Å². The van der Waals surface area contributed by atoms with E-state index in [0.717, 1.165) is 38.8 Å². The van der Waals surface area contributed by atoms with Crippen LogP contribution in [-0.2, 0) is 9.53 Å². The molecule has 100 valence electrons. The van der Waals surface area contributed by atoms with E-state index < -0.39 is 0 Å². The van der Waals surface area contributed by atoms with Crippen LogP contribution in [-0.4, -0.2) is 31.0 Å². The molecule has 0 bridgehead atoms. The second-order valence-electron chi connectivity index (χ2n) is 4.91. The third-order valence-electron chi connectivity index (χ3n) is 3.39. The maximum Gasteiger partial charge on any atom is 0.225 e. The van der Waals surface area contributed by atoms with E-state index in [2.05, 4.69) is 19.2 Å². The van der Waals surface area contributed by atoms with Gasteiger partial charge in [-0.15, -0.1) is 11.6 Å². The van der Waals surface area contributed by atoms with E-state index in [1.54, 1.807) is 0 Å². The smallest absolute Gasteiger partial charge is 0.225 e. The van der Waals surface area contributed by atoms with Crippen LogP contribution in [0.2, 0.25) is 0 Å². The van der Waals surface area contributed by atoms with Gasteiger partial charge in [-0.1, -0.05) is 13.8 Å². The minimum absolute atomic E-state index is 0.0606. The molecular formula is C13H24ClNO2. The molecular weight excluding hydrogens is 238 g/mol. The maximum absolute atomic E-state index is 11.9. The molecule has 1 fully saturated rings. The lowest BCUT2D eigenvalue weighted by Gasteiger charge is -2.16. The Kier molecular flexibility index (Phi) is 6.90. The van der Waals surface area contributed by atoms with Crippen molar-refractivity contribution in [3.63, 3.8) is 0 Å². The number of carbonyl (C=O) groups excluding carboxylic acids is 1. The fourth-order valence-corrected chi connectivity index (χ4v) is 2.38. The molecule has 0 saturated carbocycles. The van der Waals surface area contributed by atoms with Gasteiger partial charge in [-0.25, -0.2) is 0 Å². The zero-order valence-electron chi connectivity index (χ0n) is 10.9. The fraction of sp³-hybridized carbons (Fsp3) is 0.923. The SMILES string of the molecule is CCC1OCCC1C(=O)NCCCC(C)CCl. The van der Waals surface area contributed by atoms with Gasteiger partial charge in [0.15, 0.2) is 0 Å². The Labute approximate surface area is 109 Å². The lowest BCUT2D eigenvalue weighted by Crippen LogP contribution is -2.35. The van der Waals surface area contributed by atoms with Crippen LogP contribution in [0.15, 0.2) is 0 Å². The van der Waals surface area contributed by atoms with Crippen molar-refractivity contribution >= 4 is 17.5 Å². The molecule has 3 nitrogen and oxygen atoms in total. The van der Waals surface area contributed by atoms with Gasteiger partial charge in [-0.2, -0.15) is 0 Å². The van der Waals surface area contributed by atoms with Crippen molar-refractivity contribution < 1.29 is 9.53 Å². The molecule has 0 aliphatic carbocycles. The molecule has 17 heavy (non-hydrogen) atoms. The van der Waals surface area contributed by atoms with Gasteiger partial charge in [0.1, 0.15) is 0 Å². The highest BCUT2D eigenvalue weighted by molar-refractivity contribution is 6.18. The van der Waals surface area contributed by atoms with Gasteiger partial charge in [0, 0.05) is 19.0 Å². The molecule has 1 aliphatic heterocycles. The number of amides is 1. The molecule has 0 spiro atoms. The summed E-state index contributed by atoms with van der Waals surface area (Å²) < 4.78 is 5.52. The average molecular weight is 262 g/mol. The number of nitrogens with one attached hydrogen (secondary N) is 1. The van der Waals surface area contributed by atoms with Crippen molar-refractivity contribution in [1.29, 1.82) is 0 Å². The summed E-state index contributed by atoms with van der Waals surface area (Å²) in [6.07, 6.45) is 3.98. The van der Waals surface area contributed by atoms with Crippen molar-refractivity contribution in [3.05, 3.63) is 0 Å². The van der Waals surface area contributed by atoms with E-state index in [4.69, 9.17) is 16.3 Å². The second-order valence-corrected chi connectivity index (χ2v) is 5.21. The summed E-state index contributed by atoms with van der Waals surface area (Å²) >= 11 is 5.73. The van der Waals surface area contributed by atoms with E-state index in [1.165, 1.54) is 0 Å². The van der Waals surface area contributed by atoms with E-state index in [-0.39, 0.29) is 17.9 Å². The number of rotatable bonds is 7. The summed E-state index contributed by atoms with van der Waals surface area (Å²) in [5.74, 6) is 1.45. The molecule has 3 unspecified atom stereocenters. The van der Waals surface area contributed by atoms with Gasteiger partial charge in [-0.3, -0.25) is 4.79 Å². The first-order valence-electron chi connectivity index (χ1n) is 6.64. The first-order valence-corrected chi connectivity index (χ1v) is 7.17. The van der Waals surface area contributed by atoms with Crippen molar-refractivity contribution in [2.75, 3.05) is 19.0 Å². The summed E-state index contributed by atoms with van der Waals surface area (Å²) in [4.78, 5) is 11.9. The van der Waals surface area contributed by atoms with Gasteiger partial charge >= 0.3 is 0 Å². The van der Waals surface area contributed by atoms with E-state index in [1.807, 2.05) is 0 Å². The van der Waals surface area contributed by atoms with E-state index in [9.17, 15) is 4.79 Å². The molecule has 3 atom stereocenters. The standard InChI is InChI=1S/C13H24ClNO2/c1-3-12-11(6-8-17-12)13(16)15-7-4-5-10(2)9-14/h10-12H,3-9H2,1-2H3,(H,15,16). The number of hydrogen-bond acceptors (Lipinski definition) is 2. The minimum Gasteiger partial charge on any atom is -0.377 e. The van der Waals surface area contributed by atoms with Crippen molar-refractivity contribution in [2.24, 2.45) is 11.8 Å². The normalized spacial score (nSPS) is 25.8. The summed E-state index contributed by atoms with van der Waals surface area (Å²) in [6.45, 7) is 5.68. The zero-order chi connectivity index (χ0) is 12.7. The minimum atomic E-state index is 0.0606. The Morgan fingerprint density at radius 3 is 3.00 bits per heavy atom. The van der Waals surface area contributed by atoms with Gasteiger partial charge in [0.25, 0.3) is 0 Å². The Hall–Kier alpha value is -0.280. The number of alkyl halides is 1. The predicted molar refractivity (Wildman–Crippen MR) is 70.3 cm³/mol. The molecule has 1 saturated heterocycles. The summed E-state index contributed by atoms with van der Waals surface area (Å²) in [5.41, 5.74) is 0. The Bertz CT molecular complexity index is 235. The molecule has 4 heteroatoms. The molecule has 1 aliphatic rings. The lowest BCUT2D eigenvalue weighted by atomic mass is 9.98. The van der Waals surface area contributed by atoms with Crippen LogP contribution >= 0.6 is 11.6 Å². The molecule has 1 amide bonds. The van der Waals surface area contributed by atoms with Gasteiger partial charge in [0.2, 0.25) is 5.91 Å². The highest BCUT2D eigenvalue weighted by atomic mass is 35.5. The molecule has 1 rings (SSSR count). The van der Waals surface area contributed by atoms with Gasteiger partial charge in [0.05, 0.1) is 12.0 Å². The van der Waals surface area contributed by atoms with E-state index in [0.29, 0.717) is 11.8 Å². The van der Waals surface area contributed by atoms with Crippen LogP contribution in [0.5, 0.6) is 0 Å². The van der Waals surface area contributed by atoms with Crippen molar-refractivity contribution in [1.82, 2.24) is 5.32 Å². The number of hydrogen-bond donors (Lipinski definition) is 1. The van der Waals surface area contributed by atoms with Crippen LogP contribution in [0.25, 0.3) is 0 Å². The number of ether oxygens (including phenoxy) is 1. The molecule has 0 aromatic carbocycles. The quantitative estimate of drug-likeness (QED) is 0.565. The summed E-state index contributed by atoms with van der Waals surface area (Å²) in [5, 5.41) is 3.01. The average Bonchev–Trinajstić information content (AvgIpc) is 2.82. The zero-order valence-corrected chi connectivity index (χ0v) is 11.6. The Morgan fingerprint density at radius 2 is 2.35 bits per heavy atom. The van der Waals surface area contributed by atoms with Crippen molar-refractivity contribution in [3.8, 4) is 0 Å². The highest BCUT2D eigenvalue weighted by Gasteiger charge is 2.32. The van der Waals surface area contributed by atoms with Crippen LogP contribution in [0.4, 0.5) is 0 Å². The highest BCUT2D eigenvalue weighted by Crippen LogP contribution is 2.23. The Balaban J connectivity index is 2.16. The maximum atomic E-state index is 11.9. The fourth-order valence-electron chi connectivity index (χ4n) is 2.22. The van der Waals surface area contributed by atoms with Crippen molar-refractivity contribution in [2.45, 2.75) is 45.6 Å². The molecule has 1 N–H and O–H groups in total. The molecule has 0 radical (unpaired) electrons. The Morgan fingerprint density at radius 1 is 1.59 bits per heavy atom. The largest absolute Gasteiger partial charge is 0.377 e. The van der Waals surface area contributed by atoms with Crippen LogP contribution in [0.3, 0.4) is 0 Å². The van der Waals surface area contributed by atoms with Gasteiger partial charge < -0.3 is 10.1 Å². The number of halogens is 1. The van der Waals surface area contributed by atoms with Crippen LogP contribution in [0.1, 0.15) is 39.5 Å². The lowest BCUT2D eigenvalue weighted by molar-refractivity contribution is -0.126. The molecule has 0 aromatic heterocycles. The third-order valence-corrected chi connectivity index (χ3v) is 3.91. The first kappa shape index (κ1) is 14.8. The summed E-state index contributed by atoms with van der Waals surface area (Å²) in [6, 6.07) is 0. The molecule has 1 heterocycles. The molecule has 0 aromatic rings. The predicted octanol–water partition coefficient (Wildman–Crippen LogP) is 2.57. The monoisotopic (exact) mass is 261 g/mol. The number of carbonyl (C=O) groups is 1. The van der Waals surface area contributed by atoms with Gasteiger partial charge in [-0.05, 0) is 31.6 Å². The van der Waals surface area contributed by atoms with Crippen LogP contribution < -0.4 is 5.32 Å². The summed E-state index contributed by atoms with van der Waals surface area (Å²) in [7, 11) is 0. The third kappa shape index (κ3) is 4.84. The second kappa shape index (κ2) is 7.93.